The molecule has 1 aliphatic rings. The van der Waals surface area contributed by atoms with Gasteiger partial charge in [-0.2, -0.15) is 0 Å². The van der Waals surface area contributed by atoms with Gasteiger partial charge in [0.05, 0.1) is 24.1 Å². The minimum atomic E-state index is -2.98. The number of fused-ring (bicyclic) bond motifs is 1. The van der Waals surface area contributed by atoms with Crippen molar-refractivity contribution in [2.75, 3.05) is 24.0 Å². The van der Waals surface area contributed by atoms with Crippen LogP contribution < -0.4 is 15.6 Å². The molecule has 8 nitrogen and oxygen atoms in total. The fourth-order valence-corrected chi connectivity index (χ4v) is 4.60. The van der Waals surface area contributed by atoms with Crippen LogP contribution in [0.25, 0.3) is 10.9 Å². The molecule has 2 N–H and O–H groups in total. The zero-order valence-electron chi connectivity index (χ0n) is 13.2. The Bertz CT molecular complexity index is 869. The number of hydrogen-bond donors (Lipinski definition) is 2. The van der Waals surface area contributed by atoms with Crippen LogP contribution in [0.1, 0.15) is 12.8 Å². The second-order valence-electron chi connectivity index (χ2n) is 5.75. The third-order valence-corrected chi connectivity index (χ3v) is 5.80. The molecule has 1 unspecified atom stereocenters. The number of sulfone groups is 1. The Hall–Kier alpha value is -2.42. The Morgan fingerprint density at radius 2 is 2.21 bits per heavy atom. The van der Waals surface area contributed by atoms with E-state index in [2.05, 4.69) is 20.8 Å². The van der Waals surface area contributed by atoms with Crippen molar-refractivity contribution in [1.82, 2.24) is 15.4 Å². The summed E-state index contributed by atoms with van der Waals surface area (Å²) in [4.78, 5) is 20.3. The number of aromatic nitrogens is 2. The predicted octanol–water partition coefficient (Wildman–Crippen LogP) is 0.906. The Kier molecular flexibility index (Phi) is 4.52. The van der Waals surface area contributed by atoms with Gasteiger partial charge in [-0.05, 0) is 24.5 Å². The van der Waals surface area contributed by atoms with Crippen LogP contribution in [-0.2, 0) is 14.6 Å². The van der Waals surface area contributed by atoms with Crippen LogP contribution in [0.5, 0.6) is 5.75 Å². The summed E-state index contributed by atoms with van der Waals surface area (Å²) >= 11 is 0. The molecule has 2 heterocycles. The van der Waals surface area contributed by atoms with E-state index in [9.17, 15) is 13.2 Å². The molecule has 1 aromatic heterocycles. The first-order valence-corrected chi connectivity index (χ1v) is 9.33. The van der Waals surface area contributed by atoms with E-state index in [0.717, 1.165) is 5.39 Å². The first kappa shape index (κ1) is 16.4. The summed E-state index contributed by atoms with van der Waals surface area (Å²) < 4.78 is 28.0. The SMILES string of the molecule is COc1ccc2c(NNC(=O)CC3CCS(=O)(=O)C3)ncnc2c1. The first-order chi connectivity index (χ1) is 11.5. The van der Waals surface area contributed by atoms with Crippen LogP contribution >= 0.6 is 0 Å². The highest BCUT2D eigenvalue weighted by Crippen LogP contribution is 2.24. The maximum absolute atomic E-state index is 12.0. The lowest BCUT2D eigenvalue weighted by Crippen LogP contribution is -2.31. The number of nitrogens with zero attached hydrogens (tertiary/aromatic N) is 2. The summed E-state index contributed by atoms with van der Waals surface area (Å²) in [5, 5.41) is 0.738. The fourth-order valence-electron chi connectivity index (χ4n) is 2.74. The summed E-state index contributed by atoms with van der Waals surface area (Å²) in [7, 11) is -1.40. The molecular formula is C15H18N4O4S. The molecule has 3 rings (SSSR count). The van der Waals surface area contributed by atoms with Crippen LogP contribution in [0.3, 0.4) is 0 Å². The molecule has 128 valence electrons. The van der Waals surface area contributed by atoms with Crippen LogP contribution in [0.15, 0.2) is 24.5 Å². The maximum Gasteiger partial charge on any atom is 0.238 e. The Labute approximate surface area is 139 Å². The van der Waals surface area contributed by atoms with Crippen molar-refractivity contribution in [1.29, 1.82) is 0 Å². The van der Waals surface area contributed by atoms with E-state index in [0.29, 0.717) is 23.5 Å². The second kappa shape index (κ2) is 6.60. The van der Waals surface area contributed by atoms with E-state index in [1.54, 1.807) is 25.3 Å². The van der Waals surface area contributed by atoms with Crippen LogP contribution in [0, 0.1) is 5.92 Å². The molecule has 1 amide bonds. The minimum Gasteiger partial charge on any atom is -0.497 e. The number of anilines is 1. The van der Waals surface area contributed by atoms with E-state index < -0.39 is 9.84 Å². The van der Waals surface area contributed by atoms with Gasteiger partial charge in [-0.25, -0.2) is 18.4 Å². The summed E-state index contributed by atoms with van der Waals surface area (Å²) in [6, 6.07) is 5.35. The van der Waals surface area contributed by atoms with Gasteiger partial charge in [-0.15, -0.1) is 0 Å². The number of benzene rings is 1. The molecule has 24 heavy (non-hydrogen) atoms. The minimum absolute atomic E-state index is 0.0800. The highest BCUT2D eigenvalue weighted by molar-refractivity contribution is 7.91. The molecule has 0 radical (unpaired) electrons. The van der Waals surface area contributed by atoms with Crippen molar-refractivity contribution in [2.45, 2.75) is 12.8 Å². The summed E-state index contributed by atoms with van der Waals surface area (Å²) in [5.74, 6) is 1.00. The van der Waals surface area contributed by atoms with Gasteiger partial charge in [0.25, 0.3) is 0 Å². The molecule has 0 spiro atoms. The Balaban J connectivity index is 1.64. The van der Waals surface area contributed by atoms with Gasteiger partial charge in [-0.1, -0.05) is 0 Å². The second-order valence-corrected chi connectivity index (χ2v) is 7.98. The number of methoxy groups -OCH3 is 1. The molecule has 0 bridgehead atoms. The molecule has 9 heteroatoms. The highest BCUT2D eigenvalue weighted by atomic mass is 32.2. The number of carbonyl (C=O) groups is 1. The number of rotatable bonds is 5. The van der Waals surface area contributed by atoms with E-state index in [-0.39, 0.29) is 29.8 Å². The topological polar surface area (TPSA) is 110 Å². The molecular weight excluding hydrogens is 332 g/mol. The van der Waals surface area contributed by atoms with Gasteiger partial charge >= 0.3 is 0 Å². The van der Waals surface area contributed by atoms with Crippen LogP contribution in [0.4, 0.5) is 5.82 Å². The largest absolute Gasteiger partial charge is 0.497 e. The average molecular weight is 350 g/mol. The summed E-state index contributed by atoms with van der Waals surface area (Å²) in [6.45, 7) is 0. The molecule has 1 saturated heterocycles. The van der Waals surface area contributed by atoms with Crippen LogP contribution in [0.2, 0.25) is 0 Å². The van der Waals surface area contributed by atoms with E-state index >= 15 is 0 Å². The third kappa shape index (κ3) is 3.73. The predicted molar refractivity (Wildman–Crippen MR) is 89.2 cm³/mol. The molecule has 0 aliphatic carbocycles. The van der Waals surface area contributed by atoms with Crippen molar-refractivity contribution in [2.24, 2.45) is 5.92 Å². The number of nitrogens with one attached hydrogen (secondary N) is 2. The number of hydrogen-bond acceptors (Lipinski definition) is 7. The lowest BCUT2D eigenvalue weighted by Gasteiger charge is -2.12. The van der Waals surface area contributed by atoms with Crippen molar-refractivity contribution < 1.29 is 17.9 Å². The van der Waals surface area contributed by atoms with Crippen LogP contribution in [-0.4, -0.2) is 42.9 Å². The van der Waals surface area contributed by atoms with Gasteiger partial charge in [0.15, 0.2) is 15.7 Å². The van der Waals surface area contributed by atoms with E-state index in [4.69, 9.17) is 4.74 Å². The number of carbonyl (C=O) groups excluding carboxylic acids is 1. The molecule has 1 fully saturated rings. The molecule has 2 aromatic rings. The van der Waals surface area contributed by atoms with Crippen molar-refractivity contribution in [3.8, 4) is 5.75 Å². The quantitative estimate of drug-likeness (QED) is 0.771. The fraction of sp³-hybridized carbons (Fsp3) is 0.400. The summed E-state index contributed by atoms with van der Waals surface area (Å²) in [6.07, 6.45) is 2.09. The maximum atomic E-state index is 12.0. The molecule has 1 atom stereocenters. The average Bonchev–Trinajstić information content (AvgIpc) is 2.90. The lowest BCUT2D eigenvalue weighted by atomic mass is 10.1. The van der Waals surface area contributed by atoms with Crippen molar-refractivity contribution >= 4 is 32.5 Å². The van der Waals surface area contributed by atoms with Gasteiger partial charge in [-0.3, -0.25) is 15.6 Å². The third-order valence-electron chi connectivity index (χ3n) is 3.96. The van der Waals surface area contributed by atoms with Crippen molar-refractivity contribution in [3.63, 3.8) is 0 Å². The molecule has 1 aromatic carbocycles. The van der Waals surface area contributed by atoms with Gasteiger partial charge in [0.2, 0.25) is 5.91 Å². The van der Waals surface area contributed by atoms with Crippen molar-refractivity contribution in [3.05, 3.63) is 24.5 Å². The van der Waals surface area contributed by atoms with Gasteiger partial charge in [0.1, 0.15) is 12.1 Å². The standard InChI is InChI=1S/C15H18N4O4S/c1-23-11-2-3-12-13(7-11)16-9-17-15(12)19-18-14(20)6-10-4-5-24(21,22)8-10/h2-3,7,9-10H,4-6,8H2,1H3,(H,18,20)(H,16,17,19). The zero-order valence-corrected chi connectivity index (χ0v) is 14.0. The number of hydrazine groups is 1. The van der Waals surface area contributed by atoms with Gasteiger partial charge < -0.3 is 4.74 Å². The lowest BCUT2D eigenvalue weighted by molar-refractivity contribution is -0.121. The Morgan fingerprint density at radius 3 is 2.92 bits per heavy atom. The van der Waals surface area contributed by atoms with E-state index in [1.165, 1.54) is 6.33 Å². The normalized spacial score (nSPS) is 19.1. The zero-order chi connectivity index (χ0) is 17.2. The number of ether oxygens (including phenoxy) is 1. The smallest absolute Gasteiger partial charge is 0.238 e. The van der Waals surface area contributed by atoms with Gasteiger partial charge in [0, 0.05) is 17.9 Å². The Morgan fingerprint density at radius 1 is 1.38 bits per heavy atom. The number of amides is 1. The summed E-state index contributed by atoms with van der Waals surface area (Å²) in [5.41, 5.74) is 6.03. The molecule has 1 aliphatic heterocycles. The molecule has 0 saturated carbocycles. The first-order valence-electron chi connectivity index (χ1n) is 7.51. The van der Waals surface area contributed by atoms with E-state index in [1.807, 2.05) is 0 Å². The monoisotopic (exact) mass is 350 g/mol. The highest BCUT2D eigenvalue weighted by Gasteiger charge is 2.29.